The fourth-order valence-corrected chi connectivity index (χ4v) is 6.13. The molecule has 272 valence electrons. The van der Waals surface area contributed by atoms with Gasteiger partial charge in [0.15, 0.2) is 6.10 Å². The van der Waals surface area contributed by atoms with E-state index < -0.39 is 47.5 Å². The number of esters is 1. The lowest BCUT2D eigenvalue weighted by atomic mass is 9.91. The highest BCUT2D eigenvalue weighted by atomic mass is 16.7. The molecule has 0 spiro atoms. The third kappa shape index (κ3) is 10.2. The van der Waals surface area contributed by atoms with E-state index >= 15 is 0 Å². The fraction of sp³-hybridized carbons (Fsp3) is 0.553. The van der Waals surface area contributed by atoms with Crippen LogP contribution in [0, 0.1) is 11.8 Å². The monoisotopic (exact) mass is 691 g/mol. The van der Waals surface area contributed by atoms with E-state index in [9.17, 15) is 19.2 Å². The maximum atomic E-state index is 13.5. The fourth-order valence-electron chi connectivity index (χ4n) is 6.13. The number of hydrogen-bond donors (Lipinski definition) is 3. The Balaban J connectivity index is 1.32. The van der Waals surface area contributed by atoms with Gasteiger partial charge in [-0.25, -0.2) is 5.43 Å². The van der Waals surface area contributed by atoms with E-state index in [0.29, 0.717) is 45.3 Å². The van der Waals surface area contributed by atoms with Crippen molar-refractivity contribution in [1.29, 1.82) is 0 Å². The molecule has 50 heavy (non-hydrogen) atoms. The summed E-state index contributed by atoms with van der Waals surface area (Å²) in [6.07, 6.45) is 8.92. The minimum atomic E-state index is -1.09. The average molecular weight is 692 g/mol. The Morgan fingerprint density at radius 1 is 1.16 bits per heavy atom. The lowest BCUT2D eigenvalue weighted by molar-refractivity contribution is -0.163. The summed E-state index contributed by atoms with van der Waals surface area (Å²) < 4.78 is 16.9. The quantitative estimate of drug-likeness (QED) is 0.178. The van der Waals surface area contributed by atoms with Crippen LogP contribution in [0.3, 0.4) is 0 Å². The van der Waals surface area contributed by atoms with Crippen molar-refractivity contribution in [1.82, 2.24) is 26.1 Å². The van der Waals surface area contributed by atoms with Gasteiger partial charge in [0.25, 0.3) is 11.8 Å². The molecule has 3 heterocycles. The molecule has 2 saturated heterocycles. The highest BCUT2D eigenvalue weighted by Gasteiger charge is 2.36. The number of hydrazine groups is 1. The van der Waals surface area contributed by atoms with E-state index in [2.05, 4.69) is 27.6 Å². The first kappa shape index (κ1) is 38.7. The first-order valence-corrected chi connectivity index (χ1v) is 17.6. The molecule has 0 radical (unpaired) electrons. The van der Waals surface area contributed by atoms with Crippen LogP contribution in [0.25, 0.3) is 16.8 Å². The summed E-state index contributed by atoms with van der Waals surface area (Å²) in [6, 6.07) is 6.07. The Bertz CT molecular complexity index is 1550. The molecule has 0 saturated carbocycles. The van der Waals surface area contributed by atoms with Crippen molar-refractivity contribution in [3.8, 4) is 0 Å². The number of allylic oxidation sites excluding steroid dienone is 2. The summed E-state index contributed by atoms with van der Waals surface area (Å²) in [6.45, 7) is 15.8. The highest BCUT2D eigenvalue weighted by Crippen LogP contribution is 2.28. The van der Waals surface area contributed by atoms with Crippen molar-refractivity contribution < 1.29 is 33.4 Å². The van der Waals surface area contributed by atoms with Crippen molar-refractivity contribution in [3.63, 3.8) is 0 Å². The summed E-state index contributed by atoms with van der Waals surface area (Å²) in [5, 5.41) is 9.18. The molecule has 12 heteroatoms. The van der Waals surface area contributed by atoms with E-state index in [0.717, 1.165) is 22.0 Å². The molecule has 12 nitrogen and oxygen atoms in total. The Labute approximate surface area is 295 Å². The van der Waals surface area contributed by atoms with Crippen LogP contribution >= 0.6 is 0 Å². The number of benzene rings is 1. The molecule has 0 bridgehead atoms. The average Bonchev–Trinajstić information content (AvgIpc) is 3.55. The molecule has 4 rings (SSSR count). The third-order valence-electron chi connectivity index (χ3n) is 9.35. The van der Waals surface area contributed by atoms with Gasteiger partial charge in [0.05, 0.1) is 29.9 Å². The molecule has 2 fully saturated rings. The molecule has 3 amide bonds. The predicted molar refractivity (Wildman–Crippen MR) is 191 cm³/mol. The molecule has 1 aromatic carbocycles. The summed E-state index contributed by atoms with van der Waals surface area (Å²) in [4.78, 5) is 57.9. The number of amides is 3. The van der Waals surface area contributed by atoms with Crippen molar-refractivity contribution >= 4 is 40.5 Å². The summed E-state index contributed by atoms with van der Waals surface area (Å²) in [5.74, 6) is -2.44. The van der Waals surface area contributed by atoms with Gasteiger partial charge in [-0.2, -0.15) is 0 Å². The molecular weight excluding hydrogens is 638 g/mol. The van der Waals surface area contributed by atoms with Crippen LogP contribution in [0.4, 0.5) is 0 Å². The molecule has 3 N–H and O–H groups in total. The third-order valence-corrected chi connectivity index (χ3v) is 9.35. The van der Waals surface area contributed by atoms with Gasteiger partial charge in [-0.05, 0) is 94.9 Å². The standard InChI is InChI=1S/C38H53N5O7/c1-8-10-12-27(16-17-38(7)22-48-23-49-38)37(47)50-33(24(3)4)35(45)41-26(6)36(46)43-18-11-13-32(42-43)34(44)40-25(5)28-14-15-29-21-39-31(9-2)20-30(29)19-28/h8-10,14-15,19-21,24-27,32-33,42H,2,11-13,16-18,22-23H2,1,3-7H3,(H,40,44)(H,41,45)/t25-,26+,27+,32+,33+,38?/m1/s1. The van der Waals surface area contributed by atoms with Crippen LogP contribution in [0.1, 0.15) is 90.9 Å². The van der Waals surface area contributed by atoms with E-state index in [1.807, 2.05) is 57.2 Å². The van der Waals surface area contributed by atoms with Gasteiger partial charge in [0.2, 0.25) is 5.91 Å². The van der Waals surface area contributed by atoms with E-state index in [1.165, 1.54) is 5.01 Å². The number of nitrogens with zero attached hydrogens (tertiary/aromatic N) is 2. The Kier molecular flexibility index (Phi) is 13.7. The lowest BCUT2D eigenvalue weighted by Gasteiger charge is -2.35. The van der Waals surface area contributed by atoms with Crippen LogP contribution < -0.4 is 16.1 Å². The first-order valence-electron chi connectivity index (χ1n) is 17.6. The van der Waals surface area contributed by atoms with Crippen LogP contribution in [0.2, 0.25) is 0 Å². The zero-order chi connectivity index (χ0) is 36.4. The topological polar surface area (TPSA) is 148 Å². The van der Waals surface area contributed by atoms with Gasteiger partial charge in [-0.1, -0.05) is 44.7 Å². The van der Waals surface area contributed by atoms with Crippen molar-refractivity contribution in [2.45, 2.75) is 103 Å². The number of hydrogen-bond acceptors (Lipinski definition) is 9. The number of rotatable bonds is 15. The highest BCUT2D eigenvalue weighted by molar-refractivity contribution is 5.91. The number of pyridine rings is 1. The van der Waals surface area contributed by atoms with Crippen LogP contribution in [-0.2, 0) is 33.4 Å². The van der Waals surface area contributed by atoms with Crippen LogP contribution in [-0.4, -0.2) is 77.4 Å². The second-order valence-corrected chi connectivity index (χ2v) is 13.9. The van der Waals surface area contributed by atoms with Gasteiger partial charge >= 0.3 is 5.97 Å². The minimum Gasteiger partial charge on any atom is -0.452 e. The van der Waals surface area contributed by atoms with Gasteiger partial charge in [0, 0.05) is 18.1 Å². The smallest absolute Gasteiger partial charge is 0.310 e. The van der Waals surface area contributed by atoms with Gasteiger partial charge in [-0.3, -0.25) is 29.2 Å². The maximum absolute atomic E-state index is 13.5. The molecule has 6 atom stereocenters. The second-order valence-electron chi connectivity index (χ2n) is 13.9. The Hall–Kier alpha value is -4.13. The number of ether oxygens (including phenoxy) is 3. The lowest BCUT2D eigenvalue weighted by Crippen LogP contribution is -2.61. The summed E-state index contributed by atoms with van der Waals surface area (Å²) >= 11 is 0. The second kappa shape index (κ2) is 17.7. The normalized spacial score (nSPS) is 21.8. The van der Waals surface area contributed by atoms with Crippen molar-refractivity contribution in [3.05, 3.63) is 60.5 Å². The number of nitrogens with one attached hydrogen (secondary N) is 3. The van der Waals surface area contributed by atoms with Gasteiger partial charge in [0.1, 0.15) is 18.9 Å². The van der Waals surface area contributed by atoms with E-state index in [-0.39, 0.29) is 24.7 Å². The zero-order valence-electron chi connectivity index (χ0n) is 30.2. The molecule has 1 unspecified atom stereocenters. The SMILES string of the molecule is C=Cc1cc2cc([C@@H](C)NC(=O)[C@@H]3CCCN(C(=O)[C@H](C)NC(=O)[C@@H](OC(=O)[C@@H](CC=CC)CCC4(C)COCO4)C(C)C)N3)ccc2cn1. The van der Waals surface area contributed by atoms with E-state index in [1.54, 1.807) is 33.0 Å². The number of carbonyl (C=O) groups excluding carboxylic acids is 4. The molecule has 2 aliphatic rings. The first-order chi connectivity index (χ1) is 23.8. The number of carbonyl (C=O) groups is 4. The zero-order valence-corrected chi connectivity index (χ0v) is 30.2. The molecule has 0 aliphatic carbocycles. The number of aromatic nitrogens is 1. The maximum Gasteiger partial charge on any atom is 0.310 e. The number of fused-ring (bicyclic) bond motifs is 1. The largest absolute Gasteiger partial charge is 0.452 e. The summed E-state index contributed by atoms with van der Waals surface area (Å²) in [5.41, 5.74) is 4.30. The molecule has 2 aliphatic heterocycles. The molecule has 2 aromatic rings. The predicted octanol–water partition coefficient (Wildman–Crippen LogP) is 4.75. The van der Waals surface area contributed by atoms with Gasteiger partial charge < -0.3 is 24.8 Å². The molecular formula is C38H53N5O7. The van der Waals surface area contributed by atoms with Crippen molar-refractivity contribution in [2.75, 3.05) is 19.9 Å². The summed E-state index contributed by atoms with van der Waals surface area (Å²) in [7, 11) is 0. The Morgan fingerprint density at radius 2 is 1.94 bits per heavy atom. The van der Waals surface area contributed by atoms with Gasteiger partial charge in [-0.15, -0.1) is 0 Å². The van der Waals surface area contributed by atoms with E-state index in [4.69, 9.17) is 14.2 Å². The van der Waals surface area contributed by atoms with Crippen LogP contribution in [0.5, 0.6) is 0 Å². The minimum absolute atomic E-state index is 0.228. The molecule has 1 aromatic heterocycles. The van der Waals surface area contributed by atoms with Crippen molar-refractivity contribution in [2.24, 2.45) is 11.8 Å². The van der Waals surface area contributed by atoms with Crippen LogP contribution in [0.15, 0.2) is 49.2 Å². The Morgan fingerprint density at radius 3 is 2.62 bits per heavy atom.